The summed E-state index contributed by atoms with van der Waals surface area (Å²) in [6.45, 7) is 0.785. The van der Waals surface area contributed by atoms with Gasteiger partial charge in [-0.1, -0.05) is 0 Å². The third kappa shape index (κ3) is 5.34. The van der Waals surface area contributed by atoms with E-state index in [1.807, 2.05) is 18.3 Å². The summed E-state index contributed by atoms with van der Waals surface area (Å²) >= 11 is 0. The number of anilines is 2. The average molecular weight is 481 g/mol. The normalized spacial score (nSPS) is 15.6. The van der Waals surface area contributed by atoms with Gasteiger partial charge in [0.25, 0.3) is 5.91 Å². The first kappa shape index (κ1) is 24.0. The van der Waals surface area contributed by atoms with E-state index in [2.05, 4.69) is 19.9 Å². The highest BCUT2D eigenvalue weighted by Crippen LogP contribution is 2.38. The molecular formula is C24H28N6O5. The number of hydrogen-bond acceptors (Lipinski definition) is 7. The molecule has 0 fully saturated rings. The minimum atomic E-state index is -1.27. The number of carboxylic acid groups (broad SMARTS) is 2. The van der Waals surface area contributed by atoms with E-state index in [1.54, 1.807) is 12.1 Å². The van der Waals surface area contributed by atoms with Gasteiger partial charge in [0.05, 0.1) is 5.69 Å². The predicted molar refractivity (Wildman–Crippen MR) is 129 cm³/mol. The minimum absolute atomic E-state index is 0.189. The van der Waals surface area contributed by atoms with Crippen LogP contribution < -0.4 is 16.8 Å². The number of rotatable bonds is 10. The van der Waals surface area contributed by atoms with Gasteiger partial charge < -0.3 is 31.6 Å². The number of carbonyl (C=O) groups is 3. The van der Waals surface area contributed by atoms with Crippen LogP contribution in [-0.4, -0.2) is 48.6 Å². The van der Waals surface area contributed by atoms with Gasteiger partial charge in [-0.05, 0) is 62.3 Å². The number of amides is 1. The molecule has 1 unspecified atom stereocenters. The molecule has 0 aliphatic heterocycles. The zero-order valence-electron chi connectivity index (χ0n) is 19.1. The van der Waals surface area contributed by atoms with E-state index in [-0.39, 0.29) is 18.8 Å². The number of aromatic nitrogens is 3. The van der Waals surface area contributed by atoms with Crippen molar-refractivity contribution >= 4 is 40.5 Å². The number of benzene rings is 1. The van der Waals surface area contributed by atoms with Crippen LogP contribution in [0, 0.1) is 0 Å². The first-order valence-corrected chi connectivity index (χ1v) is 11.5. The lowest BCUT2D eigenvalue weighted by Crippen LogP contribution is -2.41. The molecule has 2 heterocycles. The highest BCUT2D eigenvalue weighted by molar-refractivity contribution is 5.99. The number of nitrogens with zero attached hydrogens (tertiary/aromatic N) is 3. The fourth-order valence-corrected chi connectivity index (χ4v) is 4.75. The molecule has 4 rings (SSSR count). The molecule has 1 amide bonds. The number of fused-ring (bicyclic) bond motifs is 2. The highest BCUT2D eigenvalue weighted by atomic mass is 16.4. The molecule has 1 aromatic carbocycles. The molecule has 3 aromatic rings. The number of hydrogen-bond donors (Lipinski definition) is 5. The lowest BCUT2D eigenvalue weighted by atomic mass is 9.97. The second-order valence-corrected chi connectivity index (χ2v) is 8.78. The molecule has 11 heteroatoms. The maximum atomic E-state index is 12.6. The van der Waals surface area contributed by atoms with Gasteiger partial charge in [0.15, 0.2) is 0 Å². The molecule has 1 aliphatic rings. The number of carboxylic acids is 2. The van der Waals surface area contributed by atoms with Crippen molar-refractivity contribution in [2.24, 2.45) is 0 Å². The SMILES string of the molecule is Nc1nc(N)c2c(n1)CCC2CCCn1ccc2cc(C(=O)N[C@@H](CCC(=O)O)C(=O)O)ccc21. The number of nitrogen functional groups attached to an aromatic ring is 2. The Bertz CT molecular complexity index is 1290. The van der Waals surface area contributed by atoms with Crippen molar-refractivity contribution in [1.29, 1.82) is 0 Å². The van der Waals surface area contributed by atoms with Crippen molar-refractivity contribution in [2.75, 3.05) is 11.5 Å². The average Bonchev–Trinajstić information content (AvgIpc) is 3.40. The minimum Gasteiger partial charge on any atom is -0.481 e. The Labute approximate surface area is 201 Å². The van der Waals surface area contributed by atoms with Gasteiger partial charge in [-0.25, -0.2) is 9.78 Å². The summed E-state index contributed by atoms with van der Waals surface area (Å²) in [5.41, 5.74) is 15.0. The second kappa shape index (κ2) is 10.00. The summed E-state index contributed by atoms with van der Waals surface area (Å²) in [6, 6.07) is 5.81. The molecule has 0 saturated carbocycles. The van der Waals surface area contributed by atoms with Crippen molar-refractivity contribution in [2.45, 2.75) is 57.0 Å². The van der Waals surface area contributed by atoms with Gasteiger partial charge in [0.1, 0.15) is 11.9 Å². The van der Waals surface area contributed by atoms with Crippen LogP contribution in [0.2, 0.25) is 0 Å². The van der Waals surface area contributed by atoms with Crippen LogP contribution in [0.3, 0.4) is 0 Å². The number of nitrogens with two attached hydrogens (primary N) is 2. The number of carbonyl (C=O) groups excluding carboxylic acids is 1. The Hall–Kier alpha value is -4.15. The van der Waals surface area contributed by atoms with Crippen molar-refractivity contribution in [1.82, 2.24) is 19.9 Å². The topological polar surface area (TPSA) is 186 Å². The molecule has 0 saturated heterocycles. The van der Waals surface area contributed by atoms with Crippen LogP contribution in [0.25, 0.3) is 10.9 Å². The summed E-state index contributed by atoms with van der Waals surface area (Å²) in [7, 11) is 0. The molecular weight excluding hydrogens is 452 g/mol. The monoisotopic (exact) mass is 480 g/mol. The van der Waals surface area contributed by atoms with E-state index in [9.17, 15) is 19.5 Å². The second-order valence-electron chi connectivity index (χ2n) is 8.78. The third-order valence-corrected chi connectivity index (χ3v) is 6.44. The Balaban J connectivity index is 1.38. The zero-order chi connectivity index (χ0) is 25.1. The van der Waals surface area contributed by atoms with Crippen LogP contribution in [0.15, 0.2) is 30.5 Å². The molecule has 35 heavy (non-hydrogen) atoms. The maximum absolute atomic E-state index is 12.6. The zero-order valence-corrected chi connectivity index (χ0v) is 19.1. The Morgan fingerprint density at radius 2 is 1.97 bits per heavy atom. The number of aryl methyl sites for hydroxylation is 2. The standard InChI is InChI=1S/C24H28N6O5/c25-21-20-13(3-5-16(20)28-24(26)29-21)2-1-10-30-11-9-14-12-15(4-7-18(14)30)22(33)27-17(23(34)35)6-8-19(31)32/h4,7,9,11-13,17H,1-3,5-6,8,10H2,(H,27,33)(H,31,32)(H,34,35)(H4,25,26,28,29)/t13?,17-/m0/s1. The van der Waals surface area contributed by atoms with Crippen LogP contribution in [0.5, 0.6) is 0 Å². The predicted octanol–water partition coefficient (Wildman–Crippen LogP) is 2.15. The van der Waals surface area contributed by atoms with Crippen LogP contribution in [0.1, 0.15) is 59.6 Å². The van der Waals surface area contributed by atoms with Gasteiger partial charge in [0, 0.05) is 41.2 Å². The van der Waals surface area contributed by atoms with Crippen LogP contribution >= 0.6 is 0 Å². The molecule has 11 nitrogen and oxygen atoms in total. The molecule has 184 valence electrons. The van der Waals surface area contributed by atoms with Crippen LogP contribution in [-0.2, 0) is 22.6 Å². The summed E-state index contributed by atoms with van der Waals surface area (Å²) in [6.07, 6.45) is 5.12. The molecule has 0 radical (unpaired) electrons. The Morgan fingerprint density at radius 3 is 2.71 bits per heavy atom. The van der Waals surface area contributed by atoms with Crippen molar-refractivity contribution in [3.8, 4) is 0 Å². The van der Waals surface area contributed by atoms with E-state index in [1.165, 1.54) is 0 Å². The lowest BCUT2D eigenvalue weighted by molar-refractivity contribution is -0.140. The molecule has 0 spiro atoms. The fourth-order valence-electron chi connectivity index (χ4n) is 4.75. The number of nitrogens with one attached hydrogen (secondary N) is 1. The molecule has 1 aliphatic carbocycles. The maximum Gasteiger partial charge on any atom is 0.326 e. The van der Waals surface area contributed by atoms with E-state index in [0.717, 1.165) is 54.4 Å². The number of aliphatic carboxylic acids is 2. The summed E-state index contributed by atoms with van der Waals surface area (Å²) in [5, 5.41) is 21.3. The van der Waals surface area contributed by atoms with Crippen molar-refractivity contribution < 1.29 is 24.6 Å². The fraction of sp³-hybridized carbons (Fsp3) is 0.375. The van der Waals surface area contributed by atoms with Gasteiger partial charge in [-0.3, -0.25) is 9.59 Å². The summed E-state index contributed by atoms with van der Waals surface area (Å²) in [4.78, 5) is 43.1. The highest BCUT2D eigenvalue weighted by Gasteiger charge is 2.27. The molecule has 2 atom stereocenters. The van der Waals surface area contributed by atoms with Gasteiger partial charge in [-0.15, -0.1) is 0 Å². The van der Waals surface area contributed by atoms with Gasteiger partial charge in [0.2, 0.25) is 5.95 Å². The van der Waals surface area contributed by atoms with Crippen molar-refractivity contribution in [3.05, 3.63) is 47.3 Å². The quantitative estimate of drug-likeness (QED) is 0.290. The van der Waals surface area contributed by atoms with E-state index in [4.69, 9.17) is 16.6 Å². The third-order valence-electron chi connectivity index (χ3n) is 6.44. The van der Waals surface area contributed by atoms with Gasteiger partial charge >= 0.3 is 11.9 Å². The first-order valence-electron chi connectivity index (χ1n) is 11.5. The van der Waals surface area contributed by atoms with Crippen LogP contribution in [0.4, 0.5) is 11.8 Å². The smallest absolute Gasteiger partial charge is 0.326 e. The van der Waals surface area contributed by atoms with Gasteiger partial charge in [-0.2, -0.15) is 4.98 Å². The van der Waals surface area contributed by atoms with Crippen molar-refractivity contribution in [3.63, 3.8) is 0 Å². The summed E-state index contributed by atoms with van der Waals surface area (Å²) < 4.78 is 2.11. The summed E-state index contributed by atoms with van der Waals surface area (Å²) in [5.74, 6) is -1.95. The molecule has 0 bridgehead atoms. The first-order chi connectivity index (χ1) is 16.7. The molecule has 2 aromatic heterocycles. The van der Waals surface area contributed by atoms with E-state index >= 15 is 0 Å². The van der Waals surface area contributed by atoms with E-state index in [0.29, 0.717) is 17.3 Å². The largest absolute Gasteiger partial charge is 0.481 e. The Morgan fingerprint density at radius 1 is 1.17 bits per heavy atom. The van der Waals surface area contributed by atoms with E-state index < -0.39 is 23.9 Å². The molecule has 7 N–H and O–H groups in total. The Kier molecular flexibility index (Phi) is 6.85. The lowest BCUT2D eigenvalue weighted by Gasteiger charge is -2.14.